The lowest BCUT2D eigenvalue weighted by molar-refractivity contribution is 0.640. The van der Waals surface area contributed by atoms with E-state index in [2.05, 4.69) is 25.0 Å². The average molecular weight is 491 g/mol. The van der Waals surface area contributed by atoms with E-state index in [0.29, 0.717) is 24.1 Å². The summed E-state index contributed by atoms with van der Waals surface area (Å²) in [7, 11) is 0. The zero-order chi connectivity index (χ0) is 26.3. The van der Waals surface area contributed by atoms with Crippen LogP contribution in [0.5, 0.6) is 0 Å². The van der Waals surface area contributed by atoms with Gasteiger partial charge >= 0.3 is 0 Å². The molecule has 7 nitrogen and oxygen atoms in total. The van der Waals surface area contributed by atoms with Crippen LogP contribution in [0.4, 0.5) is 0 Å². The highest BCUT2D eigenvalue weighted by Crippen LogP contribution is 2.23. The minimum Gasteiger partial charge on any atom is -0.384 e. The molecule has 0 saturated heterocycles. The van der Waals surface area contributed by atoms with Crippen molar-refractivity contribution in [3.8, 4) is 0 Å². The molecule has 1 heterocycles. The van der Waals surface area contributed by atoms with Crippen LogP contribution in [0, 0.1) is 10.8 Å². The van der Waals surface area contributed by atoms with Crippen LogP contribution in [0.15, 0.2) is 77.6 Å². The van der Waals surface area contributed by atoms with Gasteiger partial charge in [-0.3, -0.25) is 20.7 Å². The number of H-pyrrole nitrogens is 1. The Balaban J connectivity index is 1.49. The van der Waals surface area contributed by atoms with Gasteiger partial charge < -0.3 is 11.5 Å². The van der Waals surface area contributed by atoms with E-state index in [1.165, 1.54) is 0 Å². The molecule has 0 radical (unpaired) electrons. The average Bonchev–Trinajstić information content (AvgIpc) is 3.18. The molecule has 0 saturated carbocycles. The number of benzene rings is 4. The van der Waals surface area contributed by atoms with Crippen molar-refractivity contribution in [2.24, 2.45) is 11.5 Å². The second-order valence-electron chi connectivity index (χ2n) is 9.85. The molecule has 37 heavy (non-hydrogen) atoms. The first-order valence-corrected chi connectivity index (χ1v) is 12.3. The summed E-state index contributed by atoms with van der Waals surface area (Å²) < 4.78 is 1.68. The maximum atomic E-state index is 13.6. The summed E-state index contributed by atoms with van der Waals surface area (Å²) in [6.07, 6.45) is 0.510. The summed E-state index contributed by atoms with van der Waals surface area (Å²) in [5, 5.41) is 22.9. The smallest absolute Gasteiger partial charge is 0.270 e. The molecule has 0 aliphatic heterocycles. The summed E-state index contributed by atoms with van der Waals surface area (Å²) >= 11 is 0. The quantitative estimate of drug-likeness (QED) is 0.165. The van der Waals surface area contributed by atoms with E-state index < -0.39 is 0 Å². The van der Waals surface area contributed by atoms with Crippen LogP contribution < -0.4 is 17.0 Å². The highest BCUT2D eigenvalue weighted by molar-refractivity contribution is 6.00. The van der Waals surface area contributed by atoms with Crippen molar-refractivity contribution in [1.29, 1.82) is 10.8 Å². The lowest BCUT2D eigenvalue weighted by atomic mass is 9.97. The van der Waals surface area contributed by atoms with Crippen LogP contribution in [-0.2, 0) is 13.0 Å². The fraction of sp³-hybridized carbons (Fsp3) is 0.167. The summed E-state index contributed by atoms with van der Waals surface area (Å²) in [6, 6.07) is 23.7. The van der Waals surface area contributed by atoms with Crippen LogP contribution in [0.2, 0.25) is 0 Å². The number of aromatic amines is 1. The van der Waals surface area contributed by atoms with Crippen molar-refractivity contribution in [3.63, 3.8) is 0 Å². The minimum atomic E-state index is -0.0288. The third-order valence-electron chi connectivity index (χ3n) is 6.81. The maximum Gasteiger partial charge on any atom is 0.270 e. The van der Waals surface area contributed by atoms with Gasteiger partial charge in [-0.15, -0.1) is 0 Å². The van der Waals surface area contributed by atoms with Gasteiger partial charge in [-0.1, -0.05) is 68.4 Å². The zero-order valence-electron chi connectivity index (χ0n) is 20.9. The molecule has 7 N–H and O–H groups in total. The number of rotatable bonds is 7. The van der Waals surface area contributed by atoms with E-state index in [9.17, 15) is 4.79 Å². The molecule has 0 aliphatic rings. The maximum absolute atomic E-state index is 13.6. The molecule has 0 fully saturated rings. The Morgan fingerprint density at radius 1 is 0.784 bits per heavy atom. The van der Waals surface area contributed by atoms with Crippen LogP contribution in [0.1, 0.15) is 53.3 Å². The highest BCUT2D eigenvalue weighted by Gasteiger charge is 2.18. The Kier molecular flexibility index (Phi) is 6.13. The number of hydrogen-bond acceptors (Lipinski definition) is 3. The third kappa shape index (κ3) is 4.76. The molecule has 0 unspecified atom stereocenters. The van der Waals surface area contributed by atoms with Gasteiger partial charge in [0.25, 0.3) is 5.56 Å². The number of fused-ring (bicyclic) bond motifs is 2. The fourth-order valence-corrected chi connectivity index (χ4v) is 4.82. The van der Waals surface area contributed by atoms with Gasteiger partial charge in [0, 0.05) is 28.8 Å². The monoisotopic (exact) mass is 490 g/mol. The highest BCUT2D eigenvalue weighted by atomic mass is 16.1. The number of nitrogens with zero attached hydrogens (tertiary/aromatic N) is 1. The van der Waals surface area contributed by atoms with Crippen molar-refractivity contribution in [2.75, 3.05) is 0 Å². The standard InChI is InChI=1S/C30H30N6O/c1-17(2)27-26(13-18-3-5-20-7-9-22(28(31)32)14-24(20)11-18)30(37)36(35-27)16-19-4-6-21-8-10-23(29(33)34)15-25(21)12-19/h3-12,14-15,17,35H,13,16H2,1-2H3,(H3,31,32)(H3,33,34). The van der Waals surface area contributed by atoms with Crippen LogP contribution in [0.25, 0.3) is 21.5 Å². The van der Waals surface area contributed by atoms with Crippen LogP contribution in [0.3, 0.4) is 0 Å². The third-order valence-corrected chi connectivity index (χ3v) is 6.81. The summed E-state index contributed by atoms with van der Waals surface area (Å²) in [4.78, 5) is 13.6. The largest absolute Gasteiger partial charge is 0.384 e. The Hall–Kier alpha value is -4.65. The van der Waals surface area contributed by atoms with E-state index in [4.69, 9.17) is 22.3 Å². The second-order valence-corrected chi connectivity index (χ2v) is 9.85. The molecule has 5 aromatic rings. The normalized spacial score (nSPS) is 11.4. The Morgan fingerprint density at radius 3 is 1.84 bits per heavy atom. The topological polar surface area (TPSA) is 138 Å². The molecule has 0 spiro atoms. The zero-order valence-corrected chi connectivity index (χ0v) is 20.9. The van der Waals surface area contributed by atoms with Crippen molar-refractivity contribution in [2.45, 2.75) is 32.7 Å². The predicted octanol–water partition coefficient (Wildman–Crippen LogP) is 4.81. The number of hydrogen-bond donors (Lipinski definition) is 5. The number of nitrogens with one attached hydrogen (secondary N) is 3. The molecular weight excluding hydrogens is 460 g/mol. The first-order valence-electron chi connectivity index (χ1n) is 12.3. The van der Waals surface area contributed by atoms with Gasteiger partial charge in [-0.2, -0.15) is 0 Å². The lowest BCUT2D eigenvalue weighted by Crippen LogP contribution is -2.20. The first kappa shape index (κ1) is 24.1. The molecule has 0 amide bonds. The van der Waals surface area contributed by atoms with E-state index in [-0.39, 0.29) is 23.1 Å². The number of nitrogen functional groups attached to an aromatic ring is 2. The minimum absolute atomic E-state index is 0.0288. The molecule has 0 bridgehead atoms. The summed E-state index contributed by atoms with van der Waals surface area (Å²) in [5.74, 6) is 0.225. The molecule has 0 atom stereocenters. The Labute approximate surface area is 214 Å². The van der Waals surface area contributed by atoms with Gasteiger partial charge in [-0.25, -0.2) is 4.68 Å². The van der Waals surface area contributed by atoms with Gasteiger partial charge in [0.1, 0.15) is 11.7 Å². The van der Waals surface area contributed by atoms with Crippen molar-refractivity contribution < 1.29 is 0 Å². The number of aromatic nitrogens is 2. The van der Waals surface area contributed by atoms with E-state index >= 15 is 0 Å². The SMILES string of the molecule is CC(C)c1[nH]n(Cc2ccc3ccc(C(=N)N)cc3c2)c(=O)c1Cc1ccc2ccc(C(=N)N)cc2c1. The Bertz CT molecular complexity index is 1740. The van der Waals surface area contributed by atoms with Crippen LogP contribution >= 0.6 is 0 Å². The van der Waals surface area contributed by atoms with Crippen LogP contribution in [-0.4, -0.2) is 21.5 Å². The molecule has 1 aromatic heterocycles. The van der Waals surface area contributed by atoms with E-state index in [1.807, 2.05) is 66.7 Å². The van der Waals surface area contributed by atoms with Gasteiger partial charge in [0.05, 0.1) is 6.54 Å². The van der Waals surface area contributed by atoms with Gasteiger partial charge in [-0.05, 0) is 56.8 Å². The Morgan fingerprint density at radius 2 is 1.30 bits per heavy atom. The van der Waals surface area contributed by atoms with Gasteiger partial charge in [0.2, 0.25) is 0 Å². The number of nitrogens with two attached hydrogens (primary N) is 2. The first-order chi connectivity index (χ1) is 17.7. The molecule has 186 valence electrons. The van der Waals surface area contributed by atoms with E-state index in [0.717, 1.165) is 43.9 Å². The molecular formula is C30H30N6O. The fourth-order valence-electron chi connectivity index (χ4n) is 4.82. The van der Waals surface area contributed by atoms with Crippen molar-refractivity contribution in [3.05, 3.63) is 117 Å². The molecule has 5 rings (SSSR count). The molecule has 4 aromatic carbocycles. The molecule has 7 heteroatoms. The molecule has 0 aliphatic carbocycles. The van der Waals surface area contributed by atoms with Gasteiger partial charge in [0.15, 0.2) is 0 Å². The summed E-state index contributed by atoms with van der Waals surface area (Å²) in [6.45, 7) is 4.58. The van der Waals surface area contributed by atoms with Crippen molar-refractivity contribution >= 4 is 33.2 Å². The predicted molar refractivity (Wildman–Crippen MR) is 151 cm³/mol. The number of amidine groups is 2. The second kappa shape index (κ2) is 9.43. The van der Waals surface area contributed by atoms with Crippen molar-refractivity contribution in [1.82, 2.24) is 9.78 Å². The van der Waals surface area contributed by atoms with E-state index in [1.54, 1.807) is 4.68 Å². The summed E-state index contributed by atoms with van der Waals surface area (Å²) in [5.41, 5.74) is 16.4. The lowest BCUT2D eigenvalue weighted by Gasteiger charge is -2.08.